The second-order valence-electron chi connectivity index (χ2n) is 7.33. The number of para-hydroxylation sites is 1. The lowest BCUT2D eigenvalue weighted by Crippen LogP contribution is -2.47. The Morgan fingerprint density at radius 2 is 2.06 bits per heavy atom. The van der Waals surface area contributed by atoms with Gasteiger partial charge in [-0.3, -0.25) is 14.4 Å². The Balaban J connectivity index is 1.62. The number of piperidine rings is 1. The lowest BCUT2D eigenvalue weighted by molar-refractivity contribution is -0.151. The third kappa shape index (κ3) is 5.41. The minimum absolute atomic E-state index is 0.0735. The number of hydrogen-bond donors (Lipinski definition) is 0. The van der Waals surface area contributed by atoms with E-state index in [4.69, 9.17) is 9.47 Å². The summed E-state index contributed by atoms with van der Waals surface area (Å²) < 4.78 is 10.5. The summed E-state index contributed by atoms with van der Waals surface area (Å²) >= 11 is 1.35. The van der Waals surface area contributed by atoms with Crippen molar-refractivity contribution in [3.63, 3.8) is 0 Å². The summed E-state index contributed by atoms with van der Waals surface area (Å²) in [6.07, 6.45) is 1.45. The van der Waals surface area contributed by atoms with Crippen molar-refractivity contribution in [1.29, 1.82) is 0 Å². The maximum Gasteiger partial charge on any atom is 0.310 e. The maximum absolute atomic E-state index is 12.8. The molecule has 0 N–H and O–H groups in total. The van der Waals surface area contributed by atoms with Gasteiger partial charge in [0.05, 0.1) is 31.7 Å². The zero-order valence-electron chi connectivity index (χ0n) is 18.0. The number of carbonyl (C=O) groups is 3. The molecule has 1 unspecified atom stereocenters. The largest absolute Gasteiger partial charge is 0.496 e. The van der Waals surface area contributed by atoms with Crippen molar-refractivity contribution >= 4 is 29.1 Å². The molecule has 1 fully saturated rings. The van der Waals surface area contributed by atoms with Gasteiger partial charge in [-0.05, 0) is 31.9 Å². The predicted octanol–water partition coefficient (Wildman–Crippen LogP) is 2.69. The van der Waals surface area contributed by atoms with E-state index in [2.05, 4.69) is 4.98 Å². The summed E-state index contributed by atoms with van der Waals surface area (Å²) in [5.74, 6) is -0.410. The van der Waals surface area contributed by atoms with E-state index >= 15 is 0 Å². The molecule has 1 atom stereocenters. The highest BCUT2D eigenvalue weighted by atomic mass is 32.1. The van der Waals surface area contributed by atoms with Gasteiger partial charge in [0, 0.05) is 25.5 Å². The molecule has 1 aromatic carbocycles. The van der Waals surface area contributed by atoms with Gasteiger partial charge in [-0.25, -0.2) is 4.98 Å². The van der Waals surface area contributed by atoms with Crippen LogP contribution in [0.2, 0.25) is 0 Å². The number of likely N-dealkylation sites (tertiary alicyclic amines) is 1. The molecule has 2 amide bonds. The van der Waals surface area contributed by atoms with E-state index in [1.165, 1.54) is 16.2 Å². The van der Waals surface area contributed by atoms with Crippen LogP contribution in [-0.2, 0) is 14.3 Å². The van der Waals surface area contributed by atoms with Crippen molar-refractivity contribution in [2.45, 2.75) is 19.8 Å². The fraction of sp³-hybridized carbons (Fsp3) is 0.455. The zero-order chi connectivity index (χ0) is 22.4. The molecule has 0 radical (unpaired) electrons. The number of amides is 2. The Labute approximate surface area is 185 Å². The lowest BCUT2D eigenvalue weighted by atomic mass is 9.98. The number of benzene rings is 1. The number of hydrogen-bond acceptors (Lipinski definition) is 7. The van der Waals surface area contributed by atoms with E-state index in [-0.39, 0.29) is 35.9 Å². The first kappa shape index (κ1) is 22.7. The number of carbonyl (C=O) groups excluding carboxylic acids is 3. The standard InChI is InChI=1S/C22H27N3O5S/c1-4-30-22(28)15-8-7-11-25(12-15)19(26)13-24(2)21(27)17-14-31-20(23-17)16-9-5-6-10-18(16)29-3/h5-6,9-10,14-15H,4,7-8,11-13H2,1-3H3. The molecule has 3 rings (SSSR count). The quantitative estimate of drug-likeness (QED) is 0.609. The Morgan fingerprint density at radius 3 is 2.81 bits per heavy atom. The average Bonchev–Trinajstić information content (AvgIpc) is 3.28. The van der Waals surface area contributed by atoms with Crippen molar-refractivity contribution in [2.75, 3.05) is 40.4 Å². The van der Waals surface area contributed by atoms with Crippen LogP contribution >= 0.6 is 11.3 Å². The fourth-order valence-corrected chi connectivity index (χ4v) is 4.37. The summed E-state index contributed by atoms with van der Waals surface area (Å²) in [5, 5.41) is 2.36. The van der Waals surface area contributed by atoms with Crippen molar-refractivity contribution in [3.8, 4) is 16.3 Å². The van der Waals surface area contributed by atoms with Crippen LogP contribution in [-0.4, -0.2) is 73.0 Å². The first-order valence-corrected chi connectivity index (χ1v) is 11.1. The number of likely N-dealkylation sites (N-methyl/N-ethyl adjacent to an activating group) is 1. The van der Waals surface area contributed by atoms with Gasteiger partial charge in [-0.2, -0.15) is 0 Å². The highest BCUT2D eigenvalue weighted by molar-refractivity contribution is 7.13. The molecule has 31 heavy (non-hydrogen) atoms. The normalized spacial score (nSPS) is 16.0. The maximum atomic E-state index is 12.8. The summed E-state index contributed by atoms with van der Waals surface area (Å²) in [5.41, 5.74) is 1.09. The Morgan fingerprint density at radius 1 is 1.29 bits per heavy atom. The number of thiazole rings is 1. The molecule has 8 nitrogen and oxygen atoms in total. The van der Waals surface area contributed by atoms with Crippen LogP contribution in [0.1, 0.15) is 30.3 Å². The highest BCUT2D eigenvalue weighted by Crippen LogP contribution is 2.32. The van der Waals surface area contributed by atoms with Gasteiger partial charge < -0.3 is 19.3 Å². The molecule has 166 valence electrons. The van der Waals surface area contributed by atoms with E-state index in [1.807, 2.05) is 24.3 Å². The molecule has 2 heterocycles. The second kappa shape index (κ2) is 10.4. The van der Waals surface area contributed by atoms with Crippen molar-refractivity contribution in [1.82, 2.24) is 14.8 Å². The van der Waals surface area contributed by atoms with E-state index in [0.717, 1.165) is 12.0 Å². The minimum Gasteiger partial charge on any atom is -0.496 e. The average molecular weight is 446 g/mol. The second-order valence-corrected chi connectivity index (χ2v) is 8.19. The van der Waals surface area contributed by atoms with Crippen LogP contribution < -0.4 is 4.74 Å². The van der Waals surface area contributed by atoms with E-state index in [0.29, 0.717) is 36.9 Å². The monoisotopic (exact) mass is 445 g/mol. The first-order chi connectivity index (χ1) is 14.9. The minimum atomic E-state index is -0.329. The molecule has 1 saturated heterocycles. The molecule has 9 heteroatoms. The molecule has 0 spiro atoms. The number of esters is 1. The van der Waals surface area contributed by atoms with Gasteiger partial charge in [0.15, 0.2) is 0 Å². The summed E-state index contributed by atoms with van der Waals surface area (Å²) in [6, 6.07) is 7.48. The smallest absolute Gasteiger partial charge is 0.310 e. The molecule has 2 aromatic rings. The fourth-order valence-electron chi connectivity index (χ4n) is 3.54. The van der Waals surface area contributed by atoms with Gasteiger partial charge in [0.25, 0.3) is 5.91 Å². The van der Waals surface area contributed by atoms with Crippen LogP contribution in [0.5, 0.6) is 5.75 Å². The van der Waals surface area contributed by atoms with Crippen LogP contribution in [0.4, 0.5) is 0 Å². The molecule has 1 aromatic heterocycles. The Bertz CT molecular complexity index is 945. The molecule has 1 aliphatic rings. The lowest BCUT2D eigenvalue weighted by Gasteiger charge is -2.32. The topological polar surface area (TPSA) is 89.0 Å². The van der Waals surface area contributed by atoms with Crippen molar-refractivity contribution in [3.05, 3.63) is 35.3 Å². The van der Waals surface area contributed by atoms with Gasteiger partial charge in [-0.1, -0.05) is 12.1 Å². The Kier molecular flexibility index (Phi) is 7.62. The van der Waals surface area contributed by atoms with Crippen LogP contribution in [0.15, 0.2) is 29.6 Å². The molecule has 0 aliphatic carbocycles. The molecule has 1 aliphatic heterocycles. The van der Waals surface area contributed by atoms with Gasteiger partial charge in [0.2, 0.25) is 5.91 Å². The molecule has 0 saturated carbocycles. The van der Waals surface area contributed by atoms with E-state index in [9.17, 15) is 14.4 Å². The van der Waals surface area contributed by atoms with Crippen LogP contribution in [0.25, 0.3) is 10.6 Å². The number of rotatable bonds is 7. The summed E-state index contributed by atoms with van der Waals surface area (Å²) in [7, 11) is 3.17. The highest BCUT2D eigenvalue weighted by Gasteiger charge is 2.30. The third-order valence-electron chi connectivity index (χ3n) is 5.17. The van der Waals surface area contributed by atoms with Gasteiger partial charge in [0.1, 0.15) is 16.5 Å². The van der Waals surface area contributed by atoms with Crippen molar-refractivity contribution in [2.24, 2.45) is 5.92 Å². The van der Waals surface area contributed by atoms with E-state index in [1.54, 1.807) is 31.4 Å². The Hall–Kier alpha value is -2.94. The summed E-state index contributed by atoms with van der Waals surface area (Å²) in [6.45, 7) is 2.92. The zero-order valence-corrected chi connectivity index (χ0v) is 18.8. The van der Waals surface area contributed by atoms with Crippen LogP contribution in [0, 0.1) is 5.92 Å². The number of ether oxygens (including phenoxy) is 2. The van der Waals surface area contributed by atoms with Crippen LogP contribution in [0.3, 0.4) is 0 Å². The van der Waals surface area contributed by atoms with E-state index < -0.39 is 0 Å². The summed E-state index contributed by atoms with van der Waals surface area (Å²) in [4.78, 5) is 45.0. The van der Waals surface area contributed by atoms with Crippen molar-refractivity contribution < 1.29 is 23.9 Å². The SMILES string of the molecule is CCOC(=O)C1CCCN(C(=O)CN(C)C(=O)c2csc(-c3ccccc3OC)n2)C1. The number of aromatic nitrogens is 1. The molecular formula is C22H27N3O5S. The molecular weight excluding hydrogens is 418 g/mol. The number of methoxy groups -OCH3 is 1. The molecule has 0 bridgehead atoms. The van der Waals surface area contributed by atoms with Gasteiger partial charge in [-0.15, -0.1) is 11.3 Å². The third-order valence-corrected chi connectivity index (χ3v) is 6.05. The number of nitrogens with zero attached hydrogens (tertiary/aromatic N) is 3. The van der Waals surface area contributed by atoms with Gasteiger partial charge >= 0.3 is 5.97 Å². The predicted molar refractivity (Wildman–Crippen MR) is 117 cm³/mol. The first-order valence-electron chi connectivity index (χ1n) is 10.2.